The minimum atomic E-state index is -0.751. The molecule has 2 aliphatic rings. The van der Waals surface area contributed by atoms with Crippen molar-refractivity contribution in [2.45, 2.75) is 43.8 Å². The van der Waals surface area contributed by atoms with Crippen LogP contribution in [-0.2, 0) is 4.79 Å². The van der Waals surface area contributed by atoms with Gasteiger partial charge in [-0.15, -0.1) is 0 Å². The van der Waals surface area contributed by atoms with Crippen molar-refractivity contribution in [3.05, 3.63) is 0 Å². The van der Waals surface area contributed by atoms with Crippen LogP contribution in [0.15, 0.2) is 0 Å². The van der Waals surface area contributed by atoms with E-state index in [1.165, 1.54) is 18.6 Å². The molecule has 0 aromatic rings. The Balaban J connectivity index is 1.70. The lowest BCUT2D eigenvalue weighted by Crippen LogP contribution is -2.44. The van der Waals surface area contributed by atoms with Crippen molar-refractivity contribution in [1.29, 1.82) is 0 Å². The van der Waals surface area contributed by atoms with Crippen LogP contribution in [0.2, 0.25) is 0 Å². The van der Waals surface area contributed by atoms with Gasteiger partial charge in [0.05, 0.1) is 0 Å². The Labute approximate surface area is 124 Å². The van der Waals surface area contributed by atoms with E-state index < -0.39 is 5.97 Å². The van der Waals surface area contributed by atoms with Crippen LogP contribution >= 0.6 is 11.8 Å². The molecule has 0 aromatic heterocycles. The molecule has 5 nitrogen and oxygen atoms in total. The zero-order chi connectivity index (χ0) is 14.6. The highest BCUT2D eigenvalue weighted by Gasteiger charge is 2.31. The molecule has 2 atom stereocenters. The van der Waals surface area contributed by atoms with E-state index in [0.29, 0.717) is 18.9 Å². The lowest BCUT2D eigenvalue weighted by atomic mass is 10.0. The summed E-state index contributed by atoms with van der Waals surface area (Å²) in [6.07, 6.45) is 4.20. The predicted molar refractivity (Wildman–Crippen MR) is 80.0 cm³/mol. The molecule has 2 aliphatic heterocycles. The SMILES string of the molecule is CC1(CNC(=O)N2CCC(CCC(=O)O)C2)CCCS1. The van der Waals surface area contributed by atoms with Crippen LogP contribution in [-0.4, -0.2) is 52.1 Å². The van der Waals surface area contributed by atoms with Gasteiger partial charge in [0, 0.05) is 30.8 Å². The number of nitrogens with one attached hydrogen (secondary N) is 1. The Kier molecular flexibility index (Phi) is 5.18. The van der Waals surface area contributed by atoms with E-state index in [9.17, 15) is 9.59 Å². The summed E-state index contributed by atoms with van der Waals surface area (Å²) in [6, 6.07) is 0.0107. The lowest BCUT2D eigenvalue weighted by molar-refractivity contribution is -0.137. The number of amides is 2. The quantitative estimate of drug-likeness (QED) is 0.816. The number of aliphatic carboxylic acids is 1. The van der Waals surface area contributed by atoms with Gasteiger partial charge in [-0.05, 0) is 44.3 Å². The van der Waals surface area contributed by atoms with Gasteiger partial charge in [0.25, 0.3) is 0 Å². The van der Waals surface area contributed by atoms with Crippen molar-refractivity contribution in [3.63, 3.8) is 0 Å². The lowest BCUT2D eigenvalue weighted by Gasteiger charge is -2.25. The minimum Gasteiger partial charge on any atom is -0.481 e. The molecule has 0 radical (unpaired) electrons. The number of likely N-dealkylation sites (tertiary alicyclic amines) is 1. The molecule has 2 N–H and O–H groups in total. The maximum atomic E-state index is 12.1. The number of carbonyl (C=O) groups excluding carboxylic acids is 1. The molecule has 0 aromatic carbocycles. The van der Waals surface area contributed by atoms with Crippen LogP contribution in [0.3, 0.4) is 0 Å². The van der Waals surface area contributed by atoms with Gasteiger partial charge < -0.3 is 15.3 Å². The highest BCUT2D eigenvalue weighted by molar-refractivity contribution is 8.00. The van der Waals surface area contributed by atoms with Gasteiger partial charge in [-0.3, -0.25) is 4.79 Å². The highest BCUT2D eigenvalue weighted by Crippen LogP contribution is 2.37. The molecule has 2 amide bonds. The number of hydrogen-bond acceptors (Lipinski definition) is 3. The minimum absolute atomic E-state index is 0.0107. The molecule has 2 saturated heterocycles. The Morgan fingerprint density at radius 2 is 2.30 bits per heavy atom. The van der Waals surface area contributed by atoms with E-state index in [2.05, 4.69) is 12.2 Å². The van der Waals surface area contributed by atoms with E-state index in [4.69, 9.17) is 5.11 Å². The second kappa shape index (κ2) is 6.70. The first-order valence-corrected chi connectivity index (χ1v) is 8.36. The fourth-order valence-corrected chi connectivity index (χ4v) is 4.18. The number of rotatable bonds is 5. The molecular formula is C14H24N2O3S. The summed E-state index contributed by atoms with van der Waals surface area (Å²) in [7, 11) is 0. The predicted octanol–water partition coefficient (Wildman–Crippen LogP) is 2.17. The van der Waals surface area contributed by atoms with Crippen LogP contribution in [0.1, 0.15) is 39.0 Å². The highest BCUT2D eigenvalue weighted by atomic mass is 32.2. The Morgan fingerprint density at radius 3 is 2.95 bits per heavy atom. The summed E-state index contributed by atoms with van der Waals surface area (Å²) in [5.74, 6) is 0.778. The smallest absolute Gasteiger partial charge is 0.317 e. The molecular weight excluding hydrogens is 276 g/mol. The number of urea groups is 1. The third kappa shape index (κ3) is 4.30. The first kappa shape index (κ1) is 15.5. The van der Waals surface area contributed by atoms with E-state index in [0.717, 1.165) is 19.5 Å². The van der Waals surface area contributed by atoms with Gasteiger partial charge >= 0.3 is 12.0 Å². The van der Waals surface area contributed by atoms with Crippen molar-refractivity contribution in [2.75, 3.05) is 25.4 Å². The van der Waals surface area contributed by atoms with Gasteiger partial charge in [0.15, 0.2) is 0 Å². The zero-order valence-electron chi connectivity index (χ0n) is 12.1. The summed E-state index contributed by atoms with van der Waals surface area (Å²) in [6.45, 7) is 4.39. The van der Waals surface area contributed by atoms with Crippen LogP contribution < -0.4 is 5.32 Å². The molecule has 0 bridgehead atoms. The standard InChI is InChI=1S/C14H24N2O3S/c1-14(6-2-8-20-14)10-15-13(19)16-7-5-11(9-16)3-4-12(17)18/h11H,2-10H2,1H3,(H,15,19)(H,17,18). The number of carbonyl (C=O) groups is 2. The Bertz CT molecular complexity index is 369. The average Bonchev–Trinajstić information content (AvgIpc) is 3.03. The molecule has 2 heterocycles. The molecule has 0 aliphatic carbocycles. The van der Waals surface area contributed by atoms with E-state index in [-0.39, 0.29) is 17.2 Å². The van der Waals surface area contributed by atoms with Gasteiger partial charge in [-0.25, -0.2) is 4.79 Å². The van der Waals surface area contributed by atoms with Crippen molar-refractivity contribution in [3.8, 4) is 0 Å². The maximum absolute atomic E-state index is 12.1. The molecule has 20 heavy (non-hydrogen) atoms. The van der Waals surface area contributed by atoms with Gasteiger partial charge in [-0.1, -0.05) is 0 Å². The summed E-state index contributed by atoms with van der Waals surface area (Å²) in [5, 5.41) is 11.7. The fourth-order valence-electron chi connectivity index (χ4n) is 2.93. The monoisotopic (exact) mass is 300 g/mol. The van der Waals surface area contributed by atoms with Crippen molar-refractivity contribution in [2.24, 2.45) is 5.92 Å². The van der Waals surface area contributed by atoms with Crippen LogP contribution in [0, 0.1) is 5.92 Å². The van der Waals surface area contributed by atoms with Crippen LogP contribution in [0.5, 0.6) is 0 Å². The second-order valence-corrected chi connectivity index (χ2v) is 7.78. The maximum Gasteiger partial charge on any atom is 0.317 e. The Morgan fingerprint density at radius 1 is 1.50 bits per heavy atom. The second-order valence-electron chi connectivity index (χ2n) is 6.09. The number of carboxylic acids is 1. The Hall–Kier alpha value is -0.910. The normalized spacial score (nSPS) is 29.6. The van der Waals surface area contributed by atoms with E-state index in [1.807, 2.05) is 16.7 Å². The zero-order valence-corrected chi connectivity index (χ0v) is 12.9. The van der Waals surface area contributed by atoms with Crippen molar-refractivity contribution < 1.29 is 14.7 Å². The third-order valence-corrected chi connectivity index (χ3v) is 5.79. The topological polar surface area (TPSA) is 69.6 Å². The summed E-state index contributed by atoms with van der Waals surface area (Å²) in [4.78, 5) is 24.5. The van der Waals surface area contributed by atoms with Crippen molar-refractivity contribution in [1.82, 2.24) is 10.2 Å². The molecule has 2 fully saturated rings. The van der Waals surface area contributed by atoms with Gasteiger partial charge in [0.1, 0.15) is 0 Å². The average molecular weight is 300 g/mol. The molecule has 0 spiro atoms. The fraction of sp³-hybridized carbons (Fsp3) is 0.857. The van der Waals surface area contributed by atoms with Crippen molar-refractivity contribution >= 4 is 23.8 Å². The summed E-state index contributed by atoms with van der Waals surface area (Å²) < 4.78 is 0.193. The first-order chi connectivity index (χ1) is 9.48. The van der Waals surface area contributed by atoms with Gasteiger partial charge in [-0.2, -0.15) is 11.8 Å². The summed E-state index contributed by atoms with van der Waals surface area (Å²) in [5.41, 5.74) is 0. The first-order valence-electron chi connectivity index (χ1n) is 7.37. The molecule has 6 heteroatoms. The molecule has 2 unspecified atom stereocenters. The number of nitrogens with zero attached hydrogens (tertiary/aromatic N) is 1. The van der Waals surface area contributed by atoms with E-state index in [1.54, 1.807) is 0 Å². The van der Waals surface area contributed by atoms with Gasteiger partial charge in [0.2, 0.25) is 0 Å². The summed E-state index contributed by atoms with van der Waals surface area (Å²) >= 11 is 1.94. The number of thioether (sulfide) groups is 1. The third-order valence-electron chi connectivity index (χ3n) is 4.25. The molecule has 0 saturated carbocycles. The largest absolute Gasteiger partial charge is 0.481 e. The van der Waals surface area contributed by atoms with Crippen LogP contribution in [0.4, 0.5) is 4.79 Å². The van der Waals surface area contributed by atoms with E-state index >= 15 is 0 Å². The number of hydrogen-bond donors (Lipinski definition) is 2. The van der Waals surface area contributed by atoms with Crippen LogP contribution in [0.25, 0.3) is 0 Å². The molecule has 2 rings (SSSR count). The molecule has 114 valence electrons. The number of carboxylic acid groups (broad SMARTS) is 1.